The molecule has 2 aromatic rings. The number of aliphatic imine (C=N–C) groups is 1. The Bertz CT molecular complexity index is 891. The summed E-state index contributed by atoms with van der Waals surface area (Å²) in [7, 11) is 0. The summed E-state index contributed by atoms with van der Waals surface area (Å²) < 4.78 is 0. The molecule has 2 N–H and O–H groups in total. The highest BCUT2D eigenvalue weighted by molar-refractivity contribution is 7.99. The lowest BCUT2D eigenvalue weighted by atomic mass is 9.87. The first-order valence-corrected chi connectivity index (χ1v) is 10.1. The molecule has 0 unspecified atom stereocenters. The highest BCUT2D eigenvalue weighted by atomic mass is 32.2. The number of nitriles is 1. The van der Waals surface area contributed by atoms with Crippen LogP contribution >= 0.6 is 11.8 Å². The molecule has 4 rings (SSSR count). The Morgan fingerprint density at radius 2 is 2.00 bits per heavy atom. The zero-order valence-electron chi connectivity index (χ0n) is 14.9. The molecule has 1 spiro atoms. The molecule has 0 bridgehead atoms. The molecule has 4 nitrogen and oxygen atoms in total. The average molecular weight is 363 g/mol. The van der Waals surface area contributed by atoms with Crippen molar-refractivity contribution in [2.24, 2.45) is 4.99 Å². The molecule has 0 saturated carbocycles. The number of rotatable bonds is 2. The Balaban J connectivity index is 1.71. The molecule has 0 aromatic heterocycles. The van der Waals surface area contributed by atoms with Gasteiger partial charge in [-0.25, -0.2) is 0 Å². The van der Waals surface area contributed by atoms with Gasteiger partial charge in [0.2, 0.25) is 0 Å². The van der Waals surface area contributed by atoms with Gasteiger partial charge in [-0.2, -0.15) is 17.0 Å². The first kappa shape index (κ1) is 17.0. The van der Waals surface area contributed by atoms with E-state index in [0.29, 0.717) is 12.1 Å². The van der Waals surface area contributed by atoms with Gasteiger partial charge in [0.05, 0.1) is 29.0 Å². The molecule has 5 heteroatoms. The van der Waals surface area contributed by atoms with Gasteiger partial charge in [-0.3, -0.25) is 4.99 Å². The van der Waals surface area contributed by atoms with Crippen LogP contribution in [0.4, 0.5) is 11.4 Å². The van der Waals surface area contributed by atoms with Crippen LogP contribution in [0.5, 0.6) is 0 Å². The second-order valence-corrected chi connectivity index (χ2v) is 8.16. The number of hydrogen-bond donors (Lipinski definition) is 2. The van der Waals surface area contributed by atoms with Crippen molar-refractivity contribution in [3.63, 3.8) is 0 Å². The topological polar surface area (TPSA) is 60.2 Å². The quantitative estimate of drug-likeness (QED) is 0.822. The van der Waals surface area contributed by atoms with Crippen molar-refractivity contribution in [3.8, 4) is 6.07 Å². The maximum Gasteiger partial charge on any atom is 0.127 e. The fraction of sp³-hybridized carbons (Fsp3) is 0.333. The molecule has 2 aliphatic rings. The number of fused-ring (bicyclic) bond motifs is 1. The second-order valence-electron chi connectivity index (χ2n) is 6.94. The van der Waals surface area contributed by atoms with Crippen molar-refractivity contribution < 1.29 is 0 Å². The van der Waals surface area contributed by atoms with E-state index in [4.69, 9.17) is 4.99 Å². The van der Waals surface area contributed by atoms with Crippen molar-refractivity contribution in [2.75, 3.05) is 22.1 Å². The molecular formula is C21H22N4S. The normalized spacial score (nSPS) is 19.3. The average Bonchev–Trinajstić information content (AvgIpc) is 2.67. The minimum absolute atomic E-state index is 0.199. The molecule has 0 radical (unpaired) electrons. The van der Waals surface area contributed by atoms with E-state index in [1.807, 2.05) is 30.0 Å². The monoisotopic (exact) mass is 362 g/mol. The van der Waals surface area contributed by atoms with Gasteiger partial charge in [0, 0.05) is 0 Å². The number of anilines is 2. The molecule has 2 aromatic carbocycles. The van der Waals surface area contributed by atoms with Crippen LogP contribution < -0.4 is 10.6 Å². The summed E-state index contributed by atoms with van der Waals surface area (Å²) in [6, 6.07) is 16.6. The molecule has 132 valence electrons. The minimum Gasteiger partial charge on any atom is -0.370 e. The van der Waals surface area contributed by atoms with E-state index in [-0.39, 0.29) is 5.54 Å². The Morgan fingerprint density at radius 1 is 1.19 bits per heavy atom. The summed E-state index contributed by atoms with van der Waals surface area (Å²) in [6.45, 7) is 2.77. The van der Waals surface area contributed by atoms with Crippen LogP contribution in [0.2, 0.25) is 0 Å². The first-order chi connectivity index (χ1) is 12.7. The third-order valence-electron chi connectivity index (χ3n) is 5.10. The van der Waals surface area contributed by atoms with Crippen LogP contribution in [-0.4, -0.2) is 22.9 Å². The first-order valence-electron chi connectivity index (χ1n) is 8.97. The Kier molecular flexibility index (Phi) is 4.60. The largest absolute Gasteiger partial charge is 0.370 e. The fourth-order valence-corrected chi connectivity index (χ4v) is 4.87. The summed E-state index contributed by atoms with van der Waals surface area (Å²) in [6.07, 6.45) is 2.02. The summed E-state index contributed by atoms with van der Waals surface area (Å²) in [5.41, 5.74) is 4.81. The number of amidine groups is 1. The van der Waals surface area contributed by atoms with Gasteiger partial charge < -0.3 is 10.6 Å². The lowest BCUT2D eigenvalue weighted by molar-refractivity contribution is 0.559. The van der Waals surface area contributed by atoms with Gasteiger partial charge in [0.25, 0.3) is 0 Å². The van der Waals surface area contributed by atoms with Crippen molar-refractivity contribution in [1.82, 2.24) is 0 Å². The van der Waals surface area contributed by atoms with Crippen LogP contribution in [0, 0.1) is 18.3 Å². The molecule has 0 atom stereocenters. The van der Waals surface area contributed by atoms with E-state index in [1.165, 1.54) is 11.1 Å². The number of aryl methyl sites for hydroxylation is 1. The summed E-state index contributed by atoms with van der Waals surface area (Å²) in [5, 5.41) is 16.7. The number of benzene rings is 2. The molecule has 1 fully saturated rings. The van der Waals surface area contributed by atoms with Gasteiger partial charge in [0.1, 0.15) is 11.9 Å². The highest BCUT2D eigenvalue weighted by Gasteiger charge is 2.41. The van der Waals surface area contributed by atoms with Gasteiger partial charge in [-0.05, 0) is 49.0 Å². The lowest BCUT2D eigenvalue weighted by Crippen LogP contribution is -2.55. The van der Waals surface area contributed by atoms with E-state index in [9.17, 15) is 5.26 Å². The molecule has 2 aliphatic heterocycles. The zero-order valence-corrected chi connectivity index (χ0v) is 15.7. The van der Waals surface area contributed by atoms with Crippen molar-refractivity contribution in [2.45, 2.75) is 31.8 Å². The molecule has 2 heterocycles. The number of nitrogens with one attached hydrogen (secondary N) is 2. The van der Waals surface area contributed by atoms with Crippen LogP contribution in [0.1, 0.15) is 29.5 Å². The van der Waals surface area contributed by atoms with Crippen LogP contribution in [0.3, 0.4) is 0 Å². The highest BCUT2D eigenvalue weighted by Crippen LogP contribution is 2.40. The molecular weight excluding hydrogens is 340 g/mol. The standard InChI is InChI=1S/C21H22N4S/c1-15-4-2-5-16(12-15)14-23-20-21(8-10-26-11-9-21)25-19-17(13-22)6-3-7-18(19)24-20/h2-7,12,25H,8-11,14H2,1H3,(H,23,24). The Morgan fingerprint density at radius 3 is 2.77 bits per heavy atom. The summed E-state index contributed by atoms with van der Waals surface area (Å²) in [5.74, 6) is 3.20. The van der Waals surface area contributed by atoms with Gasteiger partial charge in [-0.1, -0.05) is 35.9 Å². The van der Waals surface area contributed by atoms with Crippen LogP contribution in [-0.2, 0) is 6.54 Å². The zero-order chi connectivity index (χ0) is 18.0. The fourth-order valence-electron chi connectivity index (χ4n) is 3.68. The van der Waals surface area contributed by atoms with E-state index in [1.54, 1.807) is 0 Å². The minimum atomic E-state index is -0.199. The predicted molar refractivity (Wildman–Crippen MR) is 110 cm³/mol. The van der Waals surface area contributed by atoms with Crippen molar-refractivity contribution in [3.05, 3.63) is 59.2 Å². The molecule has 0 aliphatic carbocycles. The third-order valence-corrected chi connectivity index (χ3v) is 6.09. The smallest absolute Gasteiger partial charge is 0.127 e. The third kappa shape index (κ3) is 3.17. The second kappa shape index (κ2) is 7.05. The maximum absolute atomic E-state index is 9.47. The number of hydrogen-bond acceptors (Lipinski definition) is 4. The number of nitrogens with zero attached hydrogens (tertiary/aromatic N) is 2. The maximum atomic E-state index is 9.47. The summed E-state index contributed by atoms with van der Waals surface area (Å²) in [4.78, 5) is 4.98. The Hall–Kier alpha value is -2.45. The van der Waals surface area contributed by atoms with Gasteiger partial charge in [0.15, 0.2) is 0 Å². The lowest BCUT2D eigenvalue weighted by Gasteiger charge is -2.44. The molecule has 26 heavy (non-hydrogen) atoms. The van der Waals surface area contributed by atoms with Crippen LogP contribution in [0.25, 0.3) is 0 Å². The SMILES string of the molecule is Cc1cccc(CN=C2Nc3cccc(C#N)c3NC23CCSCC3)c1. The van der Waals surface area contributed by atoms with Crippen molar-refractivity contribution in [1.29, 1.82) is 5.26 Å². The number of para-hydroxylation sites is 1. The van der Waals surface area contributed by atoms with Gasteiger partial charge in [-0.15, -0.1) is 0 Å². The van der Waals surface area contributed by atoms with E-state index in [0.717, 1.165) is 41.6 Å². The molecule has 0 amide bonds. The molecule has 1 saturated heterocycles. The number of thioether (sulfide) groups is 1. The van der Waals surface area contributed by atoms with Crippen LogP contribution in [0.15, 0.2) is 47.5 Å². The van der Waals surface area contributed by atoms with Crippen molar-refractivity contribution >= 4 is 29.0 Å². The van der Waals surface area contributed by atoms with E-state index >= 15 is 0 Å². The predicted octanol–water partition coefficient (Wildman–Crippen LogP) is 4.57. The van der Waals surface area contributed by atoms with E-state index in [2.05, 4.69) is 47.9 Å². The summed E-state index contributed by atoms with van der Waals surface area (Å²) >= 11 is 1.98. The van der Waals surface area contributed by atoms with Gasteiger partial charge >= 0.3 is 0 Å². The Labute approximate surface area is 158 Å². The van der Waals surface area contributed by atoms with E-state index < -0.39 is 0 Å².